The maximum absolute atomic E-state index is 13.7. The minimum atomic E-state index is -1.36. The zero-order valence-corrected chi connectivity index (χ0v) is 13.1. The maximum Gasteiger partial charge on any atom is 0.338 e. The van der Waals surface area contributed by atoms with Crippen molar-refractivity contribution >= 4 is 54.9 Å². The van der Waals surface area contributed by atoms with Gasteiger partial charge in [0.15, 0.2) is 0 Å². The van der Waals surface area contributed by atoms with Crippen molar-refractivity contribution in [3.63, 3.8) is 0 Å². The number of nitrogen functional groups attached to an aromatic ring is 1. The van der Waals surface area contributed by atoms with E-state index >= 15 is 0 Å². The van der Waals surface area contributed by atoms with E-state index in [1.54, 1.807) is 0 Å². The molecule has 7 heteroatoms. The molecule has 0 spiro atoms. The quantitative estimate of drug-likeness (QED) is 0.665. The fraction of sp³-hybridized carbons (Fsp3) is 0. The second-order valence-electron chi connectivity index (χ2n) is 3.95. The molecule has 0 bridgehead atoms. The number of hydrogen-bond acceptors (Lipinski definition) is 3. The highest BCUT2D eigenvalue weighted by atomic mass is 79.9. The van der Waals surface area contributed by atoms with Gasteiger partial charge >= 0.3 is 5.97 Å². The first-order valence-electron chi connectivity index (χ1n) is 5.43. The van der Waals surface area contributed by atoms with E-state index in [0.29, 0.717) is 11.4 Å². The van der Waals surface area contributed by atoms with Crippen LogP contribution in [0.5, 0.6) is 0 Å². The molecule has 0 fully saturated rings. The number of halogens is 3. The fourth-order valence-electron chi connectivity index (χ4n) is 1.61. The van der Waals surface area contributed by atoms with Crippen LogP contribution in [0.2, 0.25) is 0 Å². The Hall–Kier alpha value is -1.60. The van der Waals surface area contributed by atoms with Gasteiger partial charge in [0.25, 0.3) is 0 Å². The molecule has 0 aliphatic carbocycles. The highest BCUT2D eigenvalue weighted by Crippen LogP contribution is 2.35. The van der Waals surface area contributed by atoms with Crippen LogP contribution in [0, 0.1) is 5.82 Å². The van der Waals surface area contributed by atoms with Gasteiger partial charge in [-0.3, -0.25) is 0 Å². The summed E-state index contributed by atoms with van der Waals surface area (Å²) in [5.74, 6) is -2.21. The predicted molar refractivity (Wildman–Crippen MR) is 82.9 cm³/mol. The molecule has 0 aliphatic rings. The van der Waals surface area contributed by atoms with Crippen LogP contribution in [0.25, 0.3) is 0 Å². The maximum atomic E-state index is 13.7. The predicted octanol–water partition coefficient (Wildman–Crippen LogP) is 4.37. The van der Waals surface area contributed by atoms with E-state index in [9.17, 15) is 9.18 Å². The Labute approximate surface area is 131 Å². The Morgan fingerprint density at radius 2 is 1.85 bits per heavy atom. The Kier molecular flexibility index (Phi) is 4.29. The Morgan fingerprint density at radius 1 is 1.25 bits per heavy atom. The van der Waals surface area contributed by atoms with Gasteiger partial charge in [-0.2, -0.15) is 0 Å². The van der Waals surface area contributed by atoms with E-state index in [1.165, 1.54) is 0 Å². The van der Waals surface area contributed by atoms with E-state index < -0.39 is 17.3 Å². The second kappa shape index (κ2) is 5.80. The van der Waals surface area contributed by atoms with Crippen molar-refractivity contribution in [2.45, 2.75) is 0 Å². The second-order valence-corrected chi connectivity index (χ2v) is 5.65. The lowest BCUT2D eigenvalue weighted by Gasteiger charge is -2.13. The molecule has 0 atom stereocenters. The van der Waals surface area contributed by atoms with Crippen molar-refractivity contribution in [3.8, 4) is 0 Å². The molecule has 0 unspecified atom stereocenters. The number of nitrogens with one attached hydrogen (secondary N) is 1. The van der Waals surface area contributed by atoms with Crippen molar-refractivity contribution < 1.29 is 14.3 Å². The Morgan fingerprint density at radius 3 is 2.40 bits per heavy atom. The van der Waals surface area contributed by atoms with Gasteiger partial charge in [-0.25, -0.2) is 9.18 Å². The summed E-state index contributed by atoms with van der Waals surface area (Å²) < 4.78 is 15.2. The molecule has 0 aliphatic heterocycles. The van der Waals surface area contributed by atoms with E-state index in [2.05, 4.69) is 37.2 Å². The molecule has 0 aromatic heterocycles. The van der Waals surface area contributed by atoms with Crippen molar-refractivity contribution in [2.24, 2.45) is 0 Å². The molecule has 4 nitrogen and oxygen atoms in total. The molecule has 2 aromatic rings. The molecule has 0 amide bonds. The minimum Gasteiger partial charge on any atom is -0.478 e. The lowest BCUT2D eigenvalue weighted by atomic mass is 10.1. The summed E-state index contributed by atoms with van der Waals surface area (Å²) in [5, 5.41) is 11.8. The van der Waals surface area contributed by atoms with Crippen molar-refractivity contribution in [1.82, 2.24) is 0 Å². The third-order valence-corrected chi connectivity index (χ3v) is 3.91. The molecule has 0 heterocycles. The van der Waals surface area contributed by atoms with Crippen molar-refractivity contribution in [2.75, 3.05) is 11.1 Å². The number of anilines is 3. The van der Waals surface area contributed by atoms with E-state index in [0.717, 1.165) is 21.1 Å². The average molecular weight is 404 g/mol. The highest BCUT2D eigenvalue weighted by Gasteiger charge is 2.15. The number of benzene rings is 2. The number of carboxylic acid groups (broad SMARTS) is 1. The molecule has 0 saturated carbocycles. The SMILES string of the molecule is Nc1cc(C(=O)O)c(F)cc1Nc1c(Br)cccc1Br. The smallest absolute Gasteiger partial charge is 0.338 e. The molecular formula is C13H9Br2FN2O2. The number of carboxylic acids is 1. The largest absolute Gasteiger partial charge is 0.478 e. The zero-order chi connectivity index (χ0) is 14.9. The summed E-state index contributed by atoms with van der Waals surface area (Å²) in [6.45, 7) is 0. The minimum absolute atomic E-state index is 0.145. The normalized spacial score (nSPS) is 10.3. The van der Waals surface area contributed by atoms with Crippen LogP contribution in [0.15, 0.2) is 39.3 Å². The van der Waals surface area contributed by atoms with Crippen molar-refractivity contribution in [1.29, 1.82) is 0 Å². The van der Waals surface area contributed by atoms with Crippen LogP contribution >= 0.6 is 31.9 Å². The van der Waals surface area contributed by atoms with Gasteiger partial charge in [0.1, 0.15) is 5.82 Å². The number of rotatable bonds is 3. The first-order chi connectivity index (χ1) is 9.40. The van der Waals surface area contributed by atoms with Gasteiger partial charge < -0.3 is 16.2 Å². The van der Waals surface area contributed by atoms with Gasteiger partial charge in [-0.15, -0.1) is 0 Å². The summed E-state index contributed by atoms with van der Waals surface area (Å²) in [6, 6.07) is 7.60. The monoisotopic (exact) mass is 402 g/mol. The first kappa shape index (κ1) is 14.8. The number of aromatic carboxylic acids is 1. The van der Waals surface area contributed by atoms with Crippen LogP contribution in [0.1, 0.15) is 10.4 Å². The molecule has 104 valence electrons. The molecule has 0 saturated heterocycles. The van der Waals surface area contributed by atoms with Crippen LogP contribution < -0.4 is 11.1 Å². The van der Waals surface area contributed by atoms with E-state index in [4.69, 9.17) is 10.8 Å². The number of carbonyl (C=O) groups is 1. The lowest BCUT2D eigenvalue weighted by molar-refractivity contribution is 0.0692. The average Bonchev–Trinajstić information content (AvgIpc) is 2.37. The molecular weight excluding hydrogens is 395 g/mol. The molecule has 4 N–H and O–H groups in total. The highest BCUT2D eigenvalue weighted by molar-refractivity contribution is 9.11. The third-order valence-electron chi connectivity index (χ3n) is 2.59. The summed E-state index contributed by atoms with van der Waals surface area (Å²) in [6.07, 6.45) is 0. The zero-order valence-electron chi connectivity index (χ0n) is 9.95. The summed E-state index contributed by atoms with van der Waals surface area (Å²) in [7, 11) is 0. The van der Waals surface area contributed by atoms with Gasteiger partial charge in [0, 0.05) is 15.0 Å². The summed E-state index contributed by atoms with van der Waals surface area (Å²) in [4.78, 5) is 10.8. The Bertz CT molecular complexity index is 672. The fourth-order valence-corrected chi connectivity index (χ4v) is 2.81. The molecule has 20 heavy (non-hydrogen) atoms. The van der Waals surface area contributed by atoms with E-state index in [1.807, 2.05) is 18.2 Å². The van der Waals surface area contributed by atoms with Gasteiger partial charge in [0.2, 0.25) is 0 Å². The van der Waals surface area contributed by atoms with Crippen LogP contribution in [-0.2, 0) is 0 Å². The standard InChI is InChI=1S/C13H9Br2FN2O2/c14-7-2-1-3-8(15)12(7)18-11-5-9(16)6(13(19)20)4-10(11)17/h1-5,18H,17H2,(H,19,20). The molecule has 0 radical (unpaired) electrons. The number of nitrogens with two attached hydrogens (primary N) is 1. The van der Waals surface area contributed by atoms with Crippen LogP contribution in [0.4, 0.5) is 21.5 Å². The summed E-state index contributed by atoms with van der Waals surface area (Å²) >= 11 is 6.73. The van der Waals surface area contributed by atoms with Crippen LogP contribution in [0.3, 0.4) is 0 Å². The van der Waals surface area contributed by atoms with Gasteiger partial charge in [-0.1, -0.05) is 6.07 Å². The van der Waals surface area contributed by atoms with Gasteiger partial charge in [0.05, 0.1) is 22.6 Å². The Balaban J connectivity index is 2.45. The molecule has 2 rings (SSSR count). The van der Waals surface area contributed by atoms with Gasteiger partial charge in [-0.05, 0) is 50.1 Å². The molecule has 2 aromatic carbocycles. The lowest BCUT2D eigenvalue weighted by Crippen LogP contribution is -2.05. The number of para-hydroxylation sites is 1. The van der Waals surface area contributed by atoms with Crippen LogP contribution in [-0.4, -0.2) is 11.1 Å². The topological polar surface area (TPSA) is 75.4 Å². The third kappa shape index (κ3) is 2.94. The first-order valence-corrected chi connectivity index (χ1v) is 7.02. The van der Waals surface area contributed by atoms with E-state index in [-0.39, 0.29) is 5.69 Å². The van der Waals surface area contributed by atoms with Crippen molar-refractivity contribution in [3.05, 3.63) is 50.7 Å². The number of hydrogen-bond donors (Lipinski definition) is 3. The summed E-state index contributed by atoms with van der Waals surface area (Å²) in [5.41, 5.74) is 6.40.